The van der Waals surface area contributed by atoms with Crippen LogP contribution in [-0.2, 0) is 25.9 Å². The molecule has 2 fully saturated rings. The van der Waals surface area contributed by atoms with Crippen molar-refractivity contribution in [1.29, 1.82) is 0 Å². The summed E-state index contributed by atoms with van der Waals surface area (Å²) in [5.74, 6) is 5.22. The quantitative estimate of drug-likeness (QED) is 0.469. The van der Waals surface area contributed by atoms with Gasteiger partial charge in [0.1, 0.15) is 12.4 Å². The number of benzene rings is 2. The average Bonchev–Trinajstić information content (AvgIpc) is 2.91. The number of carbonyl (C=O) groups is 1. The van der Waals surface area contributed by atoms with Gasteiger partial charge in [0, 0.05) is 37.2 Å². The summed E-state index contributed by atoms with van der Waals surface area (Å²) in [7, 11) is -4.11. The van der Waals surface area contributed by atoms with Crippen LogP contribution in [0.3, 0.4) is 0 Å². The molecule has 2 aliphatic rings. The zero-order chi connectivity index (χ0) is 26.3. The first-order valence-electron chi connectivity index (χ1n) is 12.2. The Morgan fingerprint density at radius 3 is 2.24 bits per heavy atom. The number of piperidine rings is 1. The van der Waals surface area contributed by atoms with Crippen LogP contribution < -0.4 is 4.74 Å². The number of sulfone groups is 1. The van der Waals surface area contributed by atoms with Gasteiger partial charge in [-0.25, -0.2) is 8.42 Å². The van der Waals surface area contributed by atoms with E-state index in [4.69, 9.17) is 9.47 Å². The summed E-state index contributed by atoms with van der Waals surface area (Å²) >= 11 is 3.42. The van der Waals surface area contributed by atoms with Gasteiger partial charge >= 0.3 is 5.97 Å². The summed E-state index contributed by atoms with van der Waals surface area (Å²) in [4.78, 5) is 16.6. The fourth-order valence-electron chi connectivity index (χ4n) is 4.56. The number of aliphatic carboxylic acids is 1. The molecule has 10 heteroatoms. The number of hydrogen-bond donors (Lipinski definition) is 1. The maximum absolute atomic E-state index is 13.5. The molecule has 2 aliphatic heterocycles. The number of halogens is 1. The van der Waals surface area contributed by atoms with E-state index >= 15 is 0 Å². The van der Waals surface area contributed by atoms with Crippen molar-refractivity contribution in [3.05, 3.63) is 58.6 Å². The van der Waals surface area contributed by atoms with Crippen molar-refractivity contribution in [2.24, 2.45) is 0 Å². The van der Waals surface area contributed by atoms with Gasteiger partial charge in [-0.05, 0) is 54.8 Å². The van der Waals surface area contributed by atoms with Gasteiger partial charge in [0.25, 0.3) is 0 Å². The topological polar surface area (TPSA) is 96.4 Å². The normalized spacial score (nSPS) is 18.5. The van der Waals surface area contributed by atoms with Crippen molar-refractivity contribution in [2.45, 2.75) is 29.0 Å². The summed E-state index contributed by atoms with van der Waals surface area (Å²) in [6.07, 6.45) is 0.0519. The summed E-state index contributed by atoms with van der Waals surface area (Å²) in [5, 5.41) is 10.1. The van der Waals surface area contributed by atoms with E-state index in [1.807, 2.05) is 24.3 Å². The number of nitrogens with zero attached hydrogens (tertiary/aromatic N) is 2. The second-order valence-electron chi connectivity index (χ2n) is 9.21. The van der Waals surface area contributed by atoms with Gasteiger partial charge in [-0.3, -0.25) is 14.6 Å². The Hall–Kier alpha value is -2.42. The maximum Gasteiger partial charge on any atom is 0.325 e. The van der Waals surface area contributed by atoms with Crippen LogP contribution in [0.1, 0.15) is 18.4 Å². The first kappa shape index (κ1) is 27.6. The molecule has 0 saturated carbocycles. The number of rotatable bonds is 8. The fourth-order valence-corrected chi connectivity index (χ4v) is 6.72. The second-order valence-corrected chi connectivity index (χ2v) is 12.4. The summed E-state index contributed by atoms with van der Waals surface area (Å²) in [6.45, 7) is 5.43. The molecule has 198 valence electrons. The maximum atomic E-state index is 13.5. The molecule has 0 bridgehead atoms. The predicted octanol–water partition coefficient (Wildman–Crippen LogP) is 3.06. The number of ether oxygens (including phenoxy) is 2. The van der Waals surface area contributed by atoms with Gasteiger partial charge in [0.15, 0.2) is 14.6 Å². The first-order chi connectivity index (χ1) is 17.8. The molecule has 0 unspecified atom stereocenters. The van der Waals surface area contributed by atoms with Gasteiger partial charge < -0.3 is 14.6 Å². The van der Waals surface area contributed by atoms with E-state index in [1.165, 1.54) is 12.1 Å². The van der Waals surface area contributed by atoms with Crippen LogP contribution in [-0.4, -0.2) is 86.6 Å². The van der Waals surface area contributed by atoms with Gasteiger partial charge in [-0.1, -0.05) is 39.9 Å². The van der Waals surface area contributed by atoms with Crippen LogP contribution in [0.15, 0.2) is 57.9 Å². The molecule has 1 N–H and O–H groups in total. The highest BCUT2D eigenvalue weighted by Crippen LogP contribution is 2.37. The van der Waals surface area contributed by atoms with Crippen LogP contribution in [0.4, 0.5) is 0 Å². The van der Waals surface area contributed by atoms with E-state index < -0.39 is 20.6 Å². The Morgan fingerprint density at radius 1 is 0.973 bits per heavy atom. The average molecular weight is 592 g/mol. The van der Waals surface area contributed by atoms with E-state index in [2.05, 4.69) is 37.6 Å². The zero-order valence-corrected chi connectivity index (χ0v) is 23.0. The molecule has 0 atom stereocenters. The first-order valence-corrected chi connectivity index (χ1v) is 14.5. The fraction of sp³-hybridized carbons (Fsp3) is 0.444. The van der Waals surface area contributed by atoms with E-state index in [0.717, 1.165) is 36.3 Å². The second kappa shape index (κ2) is 12.4. The van der Waals surface area contributed by atoms with E-state index in [1.54, 1.807) is 12.1 Å². The summed E-state index contributed by atoms with van der Waals surface area (Å²) in [6, 6.07) is 13.9. The van der Waals surface area contributed by atoms with E-state index in [-0.39, 0.29) is 24.3 Å². The molecule has 2 aromatic carbocycles. The molecule has 0 aromatic heterocycles. The standard InChI is InChI=1S/C27H31BrN2O6S/c28-23-5-3-22(4-6-23)21-30-14-11-27(12-15-30,26(31)32)37(33,34)25-9-7-24(8-10-25)36-18-2-1-13-29-16-19-35-20-17-29/h3-10H,11-21H2,(H,31,32). The highest BCUT2D eigenvalue weighted by atomic mass is 79.9. The van der Waals surface area contributed by atoms with Crippen LogP contribution >= 0.6 is 15.9 Å². The highest BCUT2D eigenvalue weighted by molar-refractivity contribution is 9.10. The summed E-state index contributed by atoms with van der Waals surface area (Å²) in [5.41, 5.74) is 1.09. The number of hydrogen-bond acceptors (Lipinski definition) is 7. The monoisotopic (exact) mass is 590 g/mol. The van der Waals surface area contributed by atoms with Gasteiger partial charge in [0.2, 0.25) is 0 Å². The van der Waals surface area contributed by atoms with Crippen molar-refractivity contribution in [2.75, 3.05) is 52.5 Å². The number of carboxylic acid groups (broad SMARTS) is 1. The number of likely N-dealkylation sites (tertiary alicyclic amines) is 1. The molecule has 2 saturated heterocycles. The Balaban J connectivity index is 1.35. The summed E-state index contributed by atoms with van der Waals surface area (Å²) < 4.78 is 37.1. The van der Waals surface area contributed by atoms with Crippen molar-refractivity contribution in [3.8, 4) is 17.6 Å². The Kier molecular flexibility index (Phi) is 9.27. The molecular formula is C27H31BrN2O6S. The lowest BCUT2D eigenvalue weighted by Gasteiger charge is -2.38. The zero-order valence-electron chi connectivity index (χ0n) is 20.6. The van der Waals surface area contributed by atoms with Gasteiger partial charge in [0.05, 0.1) is 24.7 Å². The minimum atomic E-state index is -4.11. The van der Waals surface area contributed by atoms with Gasteiger partial charge in [-0.2, -0.15) is 0 Å². The Bertz CT molecular complexity index is 1220. The molecule has 8 nitrogen and oxygen atoms in total. The lowest BCUT2D eigenvalue weighted by molar-refractivity contribution is -0.141. The smallest absolute Gasteiger partial charge is 0.325 e. The molecule has 0 radical (unpaired) electrons. The van der Waals surface area contributed by atoms with Crippen LogP contribution in [0, 0.1) is 11.8 Å². The number of morpholine rings is 1. The van der Waals surface area contributed by atoms with Crippen LogP contribution in [0.5, 0.6) is 5.75 Å². The molecule has 0 aliphatic carbocycles. The van der Waals surface area contributed by atoms with Crippen molar-refractivity contribution < 1.29 is 27.8 Å². The lowest BCUT2D eigenvalue weighted by atomic mass is 9.95. The SMILES string of the molecule is O=C(O)C1(S(=O)(=O)c2ccc(OCC#CCN3CCOCC3)cc2)CCN(Cc2ccc(Br)cc2)CC1. The molecule has 37 heavy (non-hydrogen) atoms. The third kappa shape index (κ3) is 6.72. The van der Waals surface area contributed by atoms with Crippen molar-refractivity contribution >= 4 is 31.7 Å². The lowest BCUT2D eigenvalue weighted by Crippen LogP contribution is -2.54. The molecule has 2 aromatic rings. The van der Waals surface area contributed by atoms with Gasteiger partial charge in [-0.15, -0.1) is 0 Å². The predicted molar refractivity (Wildman–Crippen MR) is 143 cm³/mol. The molecular weight excluding hydrogens is 560 g/mol. The van der Waals surface area contributed by atoms with Crippen LogP contribution in [0.25, 0.3) is 0 Å². The molecule has 0 amide bonds. The van der Waals surface area contributed by atoms with E-state index in [9.17, 15) is 18.3 Å². The Morgan fingerprint density at radius 2 is 1.62 bits per heavy atom. The Labute approximate surface area is 226 Å². The largest absolute Gasteiger partial charge is 0.481 e. The third-order valence-electron chi connectivity index (χ3n) is 6.86. The van der Waals surface area contributed by atoms with Crippen molar-refractivity contribution in [3.63, 3.8) is 0 Å². The third-order valence-corrected chi connectivity index (χ3v) is 9.90. The minimum Gasteiger partial charge on any atom is -0.481 e. The molecule has 0 spiro atoms. The van der Waals surface area contributed by atoms with E-state index in [0.29, 0.717) is 31.9 Å². The van der Waals surface area contributed by atoms with Crippen molar-refractivity contribution in [1.82, 2.24) is 9.80 Å². The highest BCUT2D eigenvalue weighted by Gasteiger charge is 2.53. The minimum absolute atomic E-state index is 0.0120. The number of carboxylic acids is 1. The van der Waals surface area contributed by atoms with Crippen LogP contribution in [0.2, 0.25) is 0 Å². The molecule has 4 rings (SSSR count). The molecule has 2 heterocycles.